The first-order valence-electron chi connectivity index (χ1n) is 5.21. The van der Waals surface area contributed by atoms with Crippen LogP contribution in [-0.2, 0) is 0 Å². The highest BCUT2D eigenvalue weighted by Crippen LogP contribution is 2.24. The van der Waals surface area contributed by atoms with Crippen LogP contribution in [0.5, 0.6) is 5.88 Å². The van der Waals surface area contributed by atoms with Crippen molar-refractivity contribution in [1.29, 1.82) is 0 Å². The van der Waals surface area contributed by atoms with Crippen LogP contribution in [0.3, 0.4) is 0 Å². The van der Waals surface area contributed by atoms with E-state index in [1.54, 1.807) is 13.4 Å². The van der Waals surface area contributed by atoms with E-state index in [0.29, 0.717) is 17.4 Å². The van der Waals surface area contributed by atoms with E-state index in [1.807, 2.05) is 4.57 Å². The maximum absolute atomic E-state index is 5.63. The van der Waals surface area contributed by atoms with Gasteiger partial charge in [0.1, 0.15) is 0 Å². The number of fused-ring (bicyclic) bond motifs is 1. The summed E-state index contributed by atoms with van der Waals surface area (Å²) in [7, 11) is 1.55. The number of nitrogen functional groups attached to an aromatic ring is 1. The molecule has 0 saturated carbocycles. The van der Waals surface area contributed by atoms with Crippen LogP contribution >= 0.6 is 0 Å². The molecule has 1 atom stereocenters. The molecular formula is C10H15N5O. The first-order valence-corrected chi connectivity index (χ1v) is 5.21. The molecule has 0 aliphatic carbocycles. The summed E-state index contributed by atoms with van der Waals surface area (Å²) in [6, 6.07) is 0.323. The van der Waals surface area contributed by atoms with Gasteiger partial charge in [0.2, 0.25) is 11.8 Å². The van der Waals surface area contributed by atoms with Gasteiger partial charge >= 0.3 is 0 Å². The molecule has 2 heterocycles. The lowest BCUT2D eigenvalue weighted by Gasteiger charge is -2.10. The quantitative estimate of drug-likeness (QED) is 0.847. The minimum absolute atomic E-state index is 0.203. The van der Waals surface area contributed by atoms with Crippen molar-refractivity contribution in [3.63, 3.8) is 0 Å². The molecule has 86 valence electrons. The van der Waals surface area contributed by atoms with Crippen molar-refractivity contribution in [3.8, 4) is 5.88 Å². The van der Waals surface area contributed by atoms with Crippen LogP contribution in [0.15, 0.2) is 6.33 Å². The van der Waals surface area contributed by atoms with E-state index in [2.05, 4.69) is 28.8 Å². The molecule has 0 saturated heterocycles. The summed E-state index contributed by atoms with van der Waals surface area (Å²) in [5, 5.41) is 0. The Kier molecular flexibility index (Phi) is 2.64. The number of hydrogen-bond acceptors (Lipinski definition) is 5. The van der Waals surface area contributed by atoms with Gasteiger partial charge < -0.3 is 15.0 Å². The number of aromatic nitrogens is 4. The Balaban J connectivity index is 2.67. The second kappa shape index (κ2) is 3.96. The maximum atomic E-state index is 5.63. The van der Waals surface area contributed by atoms with Crippen LogP contribution < -0.4 is 10.5 Å². The summed E-state index contributed by atoms with van der Waals surface area (Å²) in [5.74, 6) is 0.624. The molecule has 16 heavy (non-hydrogen) atoms. The lowest BCUT2D eigenvalue weighted by molar-refractivity contribution is 0.402. The number of methoxy groups -OCH3 is 1. The summed E-state index contributed by atoms with van der Waals surface area (Å²) in [6.07, 6.45) is 2.74. The monoisotopic (exact) mass is 221 g/mol. The smallest absolute Gasteiger partial charge is 0.246 e. The van der Waals surface area contributed by atoms with Crippen LogP contribution in [0.4, 0.5) is 5.95 Å². The standard InChI is InChI=1S/C10H15N5O/c1-4-6(2)15-5-12-7-8(15)13-10(11)14-9(7)16-3/h5-6H,4H2,1-3H3,(H2,11,13,14)/t6-/m0/s1. The summed E-state index contributed by atoms with van der Waals surface area (Å²) < 4.78 is 7.11. The highest BCUT2D eigenvalue weighted by Gasteiger charge is 2.14. The van der Waals surface area contributed by atoms with E-state index in [1.165, 1.54) is 0 Å². The van der Waals surface area contributed by atoms with Gasteiger partial charge in [0, 0.05) is 6.04 Å². The van der Waals surface area contributed by atoms with Crippen LogP contribution in [0, 0.1) is 0 Å². The predicted molar refractivity (Wildman–Crippen MR) is 61.3 cm³/mol. The van der Waals surface area contributed by atoms with E-state index >= 15 is 0 Å². The lowest BCUT2D eigenvalue weighted by atomic mass is 10.2. The second-order valence-corrected chi connectivity index (χ2v) is 3.67. The number of hydrogen-bond donors (Lipinski definition) is 1. The number of rotatable bonds is 3. The lowest BCUT2D eigenvalue weighted by Crippen LogP contribution is -2.05. The molecule has 0 spiro atoms. The van der Waals surface area contributed by atoms with Crippen LogP contribution in [0.1, 0.15) is 26.3 Å². The predicted octanol–water partition coefficient (Wildman–Crippen LogP) is 1.39. The molecule has 2 N–H and O–H groups in total. The van der Waals surface area contributed by atoms with Crippen LogP contribution in [-0.4, -0.2) is 26.6 Å². The van der Waals surface area contributed by atoms with Gasteiger partial charge in [0.25, 0.3) is 0 Å². The van der Waals surface area contributed by atoms with Crippen molar-refractivity contribution in [1.82, 2.24) is 19.5 Å². The molecular weight excluding hydrogens is 206 g/mol. The highest BCUT2D eigenvalue weighted by molar-refractivity contribution is 5.77. The maximum Gasteiger partial charge on any atom is 0.246 e. The van der Waals surface area contributed by atoms with Crippen molar-refractivity contribution in [2.45, 2.75) is 26.3 Å². The van der Waals surface area contributed by atoms with Gasteiger partial charge in [-0.2, -0.15) is 9.97 Å². The zero-order valence-electron chi connectivity index (χ0n) is 9.64. The Bertz CT molecular complexity index is 507. The van der Waals surface area contributed by atoms with Gasteiger partial charge in [-0.25, -0.2) is 4.98 Å². The number of nitrogens with two attached hydrogens (primary N) is 1. The Labute approximate surface area is 93.5 Å². The van der Waals surface area contributed by atoms with Gasteiger partial charge in [-0.3, -0.25) is 0 Å². The number of anilines is 1. The molecule has 6 heteroatoms. The average Bonchev–Trinajstić information content (AvgIpc) is 2.70. The minimum atomic E-state index is 0.203. The van der Waals surface area contributed by atoms with Crippen LogP contribution in [0.25, 0.3) is 11.2 Å². The summed E-state index contributed by atoms with van der Waals surface area (Å²) in [6.45, 7) is 4.21. The second-order valence-electron chi connectivity index (χ2n) is 3.67. The van der Waals surface area contributed by atoms with E-state index in [4.69, 9.17) is 10.5 Å². The molecule has 2 aromatic heterocycles. The molecule has 0 aromatic carbocycles. The summed E-state index contributed by atoms with van der Waals surface area (Å²) >= 11 is 0. The number of ether oxygens (including phenoxy) is 1. The fourth-order valence-corrected chi connectivity index (χ4v) is 1.57. The zero-order valence-corrected chi connectivity index (χ0v) is 9.64. The summed E-state index contributed by atoms with van der Waals surface area (Å²) in [4.78, 5) is 12.4. The van der Waals surface area contributed by atoms with E-state index in [-0.39, 0.29) is 5.95 Å². The molecule has 0 amide bonds. The molecule has 0 aliphatic rings. The van der Waals surface area contributed by atoms with Gasteiger partial charge in [0.05, 0.1) is 13.4 Å². The topological polar surface area (TPSA) is 78.8 Å². The first-order chi connectivity index (χ1) is 7.67. The molecule has 0 aliphatic heterocycles. The Hall–Kier alpha value is -1.85. The Morgan fingerprint density at radius 3 is 2.88 bits per heavy atom. The fourth-order valence-electron chi connectivity index (χ4n) is 1.57. The van der Waals surface area contributed by atoms with E-state index in [0.717, 1.165) is 12.1 Å². The van der Waals surface area contributed by atoms with Crippen molar-refractivity contribution in [2.24, 2.45) is 0 Å². The Morgan fingerprint density at radius 2 is 2.25 bits per heavy atom. The van der Waals surface area contributed by atoms with Crippen molar-refractivity contribution >= 4 is 17.1 Å². The molecule has 2 aromatic rings. The third-order valence-corrected chi connectivity index (χ3v) is 2.67. The largest absolute Gasteiger partial charge is 0.479 e. The zero-order chi connectivity index (χ0) is 11.7. The van der Waals surface area contributed by atoms with Crippen molar-refractivity contribution in [3.05, 3.63) is 6.33 Å². The third-order valence-electron chi connectivity index (χ3n) is 2.67. The molecule has 0 bridgehead atoms. The first kappa shape index (κ1) is 10.7. The molecule has 6 nitrogen and oxygen atoms in total. The number of imidazole rings is 1. The van der Waals surface area contributed by atoms with Gasteiger partial charge in [0.15, 0.2) is 11.2 Å². The van der Waals surface area contributed by atoms with Crippen LogP contribution in [0.2, 0.25) is 0 Å². The third kappa shape index (κ3) is 1.56. The van der Waals surface area contributed by atoms with Crippen molar-refractivity contribution in [2.75, 3.05) is 12.8 Å². The Morgan fingerprint density at radius 1 is 1.50 bits per heavy atom. The molecule has 0 unspecified atom stereocenters. The molecule has 0 fully saturated rings. The van der Waals surface area contributed by atoms with E-state index in [9.17, 15) is 0 Å². The van der Waals surface area contributed by atoms with Crippen molar-refractivity contribution < 1.29 is 4.74 Å². The molecule has 0 radical (unpaired) electrons. The highest BCUT2D eigenvalue weighted by atomic mass is 16.5. The number of nitrogens with zero attached hydrogens (tertiary/aromatic N) is 4. The SMILES string of the molecule is CC[C@H](C)n1cnc2c(OC)nc(N)nc21. The van der Waals surface area contributed by atoms with Gasteiger partial charge in [-0.05, 0) is 13.3 Å². The van der Waals surface area contributed by atoms with E-state index < -0.39 is 0 Å². The fraction of sp³-hybridized carbons (Fsp3) is 0.500. The summed E-state index contributed by atoms with van der Waals surface area (Å²) in [5.41, 5.74) is 7.00. The molecule has 2 rings (SSSR count). The average molecular weight is 221 g/mol. The minimum Gasteiger partial charge on any atom is -0.479 e. The normalized spacial score (nSPS) is 12.9. The van der Waals surface area contributed by atoms with Gasteiger partial charge in [-0.15, -0.1) is 0 Å². The van der Waals surface area contributed by atoms with Gasteiger partial charge in [-0.1, -0.05) is 6.92 Å².